The molecule has 1 unspecified atom stereocenters. The van der Waals surface area contributed by atoms with Crippen LogP contribution in [0.15, 0.2) is 24.5 Å². The van der Waals surface area contributed by atoms with E-state index in [2.05, 4.69) is 24.3 Å². The number of nitrogens with zero attached hydrogens (tertiary/aromatic N) is 3. The van der Waals surface area contributed by atoms with Gasteiger partial charge in [-0.05, 0) is 18.1 Å². The predicted molar refractivity (Wildman–Crippen MR) is 83.5 cm³/mol. The molecule has 0 aromatic carbocycles. The number of aryl methyl sites for hydroxylation is 2. The molecule has 0 aliphatic rings. The third-order valence-corrected chi connectivity index (χ3v) is 3.94. The Balaban J connectivity index is 2.08. The first-order valence-electron chi connectivity index (χ1n) is 6.98. The monoisotopic (exact) mass is 308 g/mol. The number of hydrogen-bond donors (Lipinski definition) is 1. The fraction of sp³-hybridized carbons (Fsp3) is 0.467. The highest BCUT2D eigenvalue weighted by atomic mass is 35.5. The summed E-state index contributed by atoms with van der Waals surface area (Å²) in [6, 6.07) is 3.67. The molecule has 0 radical (unpaired) electrons. The maximum absolute atomic E-state index is 12.2. The fourth-order valence-electron chi connectivity index (χ4n) is 2.47. The second kappa shape index (κ2) is 6.35. The molecule has 2 aromatic heterocycles. The minimum absolute atomic E-state index is 0.114. The van der Waals surface area contributed by atoms with Crippen LogP contribution in [0, 0.1) is 5.92 Å². The maximum Gasteiger partial charge on any atom is 0.267 e. The molecule has 2 aromatic rings. The molecule has 0 saturated carbocycles. The standard InChI is InChI=1S/C15H21ClN4O/c1-10(2)12(13-5-6-18-20(13)4)8-17-15(21)14-7-11(16)9-19(14)3/h5-7,9-10,12H,8H2,1-4H3,(H,17,21). The summed E-state index contributed by atoms with van der Waals surface area (Å²) in [6.45, 7) is 4.85. The average Bonchev–Trinajstić information content (AvgIpc) is 2.95. The second-order valence-electron chi connectivity index (χ2n) is 5.59. The fourth-order valence-corrected chi connectivity index (χ4v) is 2.72. The normalized spacial score (nSPS) is 12.7. The highest BCUT2D eigenvalue weighted by Gasteiger charge is 2.20. The summed E-state index contributed by atoms with van der Waals surface area (Å²) in [5, 5.41) is 7.76. The lowest BCUT2D eigenvalue weighted by molar-refractivity contribution is 0.0940. The van der Waals surface area contributed by atoms with Crippen LogP contribution >= 0.6 is 11.6 Å². The molecule has 0 aliphatic heterocycles. The van der Waals surface area contributed by atoms with Gasteiger partial charge in [0.15, 0.2) is 0 Å². The van der Waals surface area contributed by atoms with Gasteiger partial charge in [0.05, 0.1) is 5.02 Å². The van der Waals surface area contributed by atoms with E-state index in [1.54, 1.807) is 23.0 Å². The van der Waals surface area contributed by atoms with E-state index in [-0.39, 0.29) is 11.8 Å². The topological polar surface area (TPSA) is 51.9 Å². The van der Waals surface area contributed by atoms with Gasteiger partial charge in [-0.3, -0.25) is 9.48 Å². The van der Waals surface area contributed by atoms with Gasteiger partial charge in [0.1, 0.15) is 5.69 Å². The van der Waals surface area contributed by atoms with Gasteiger partial charge < -0.3 is 9.88 Å². The average molecular weight is 309 g/mol. The molecule has 6 heteroatoms. The molecule has 0 aliphatic carbocycles. The van der Waals surface area contributed by atoms with Gasteiger partial charge in [0, 0.05) is 44.6 Å². The molecule has 2 heterocycles. The molecule has 0 fully saturated rings. The second-order valence-corrected chi connectivity index (χ2v) is 6.03. The first kappa shape index (κ1) is 15.6. The summed E-state index contributed by atoms with van der Waals surface area (Å²) >= 11 is 5.91. The zero-order valence-corrected chi connectivity index (χ0v) is 13.6. The number of aromatic nitrogens is 3. The van der Waals surface area contributed by atoms with Crippen LogP contribution in [0.1, 0.15) is 35.9 Å². The van der Waals surface area contributed by atoms with Gasteiger partial charge in [-0.1, -0.05) is 25.4 Å². The Kier molecular flexibility index (Phi) is 4.73. The van der Waals surface area contributed by atoms with Crippen LogP contribution in [0.5, 0.6) is 0 Å². The Bertz CT molecular complexity index is 629. The van der Waals surface area contributed by atoms with Crippen LogP contribution in [0.3, 0.4) is 0 Å². The van der Waals surface area contributed by atoms with Crippen LogP contribution in [0.25, 0.3) is 0 Å². The van der Waals surface area contributed by atoms with Crippen LogP contribution in [0.2, 0.25) is 5.02 Å². The van der Waals surface area contributed by atoms with Crippen molar-refractivity contribution in [3.63, 3.8) is 0 Å². The van der Waals surface area contributed by atoms with Gasteiger partial charge in [0.25, 0.3) is 5.91 Å². The summed E-state index contributed by atoms with van der Waals surface area (Å²) < 4.78 is 3.59. The lowest BCUT2D eigenvalue weighted by Gasteiger charge is -2.21. The molecule has 2 rings (SSSR count). The van der Waals surface area contributed by atoms with E-state index >= 15 is 0 Å². The molecular formula is C15H21ClN4O. The SMILES string of the molecule is CC(C)C(CNC(=O)c1cc(Cl)cn1C)c1ccnn1C. The summed E-state index contributed by atoms with van der Waals surface area (Å²) in [4.78, 5) is 12.2. The smallest absolute Gasteiger partial charge is 0.267 e. The summed E-state index contributed by atoms with van der Waals surface area (Å²) in [5.74, 6) is 0.507. The first-order chi connectivity index (χ1) is 9.90. The predicted octanol–water partition coefficient (Wildman–Crippen LogP) is 2.58. The highest BCUT2D eigenvalue weighted by Crippen LogP contribution is 2.23. The molecule has 0 saturated heterocycles. The minimum atomic E-state index is -0.114. The van der Waals surface area contributed by atoms with E-state index in [0.717, 1.165) is 5.69 Å². The summed E-state index contributed by atoms with van der Waals surface area (Å²) in [5.41, 5.74) is 1.68. The molecule has 1 N–H and O–H groups in total. The number of halogens is 1. The van der Waals surface area contributed by atoms with E-state index in [1.807, 2.05) is 24.8 Å². The quantitative estimate of drug-likeness (QED) is 0.923. The molecule has 5 nitrogen and oxygen atoms in total. The Morgan fingerprint density at radius 3 is 2.62 bits per heavy atom. The Morgan fingerprint density at radius 2 is 2.14 bits per heavy atom. The molecule has 1 atom stereocenters. The van der Waals surface area contributed by atoms with Crippen molar-refractivity contribution in [1.29, 1.82) is 0 Å². The molecular weight excluding hydrogens is 288 g/mol. The van der Waals surface area contributed by atoms with E-state index in [0.29, 0.717) is 23.2 Å². The number of carbonyl (C=O) groups is 1. The van der Waals surface area contributed by atoms with Crippen molar-refractivity contribution in [2.75, 3.05) is 6.54 Å². The van der Waals surface area contributed by atoms with Gasteiger partial charge in [-0.25, -0.2) is 0 Å². The molecule has 114 valence electrons. The van der Waals surface area contributed by atoms with Crippen LogP contribution < -0.4 is 5.32 Å². The molecule has 0 spiro atoms. The first-order valence-corrected chi connectivity index (χ1v) is 7.36. The number of amides is 1. The van der Waals surface area contributed by atoms with Crippen molar-refractivity contribution in [1.82, 2.24) is 19.7 Å². The molecule has 0 bridgehead atoms. The summed E-state index contributed by atoms with van der Waals surface area (Å²) in [7, 11) is 3.73. The van der Waals surface area contributed by atoms with Crippen molar-refractivity contribution in [2.45, 2.75) is 19.8 Å². The van der Waals surface area contributed by atoms with E-state index in [1.165, 1.54) is 0 Å². The van der Waals surface area contributed by atoms with Gasteiger partial charge in [-0.2, -0.15) is 5.10 Å². The van der Waals surface area contributed by atoms with Gasteiger partial charge in [-0.15, -0.1) is 0 Å². The van der Waals surface area contributed by atoms with Gasteiger partial charge in [0.2, 0.25) is 0 Å². The van der Waals surface area contributed by atoms with E-state index in [9.17, 15) is 4.79 Å². The van der Waals surface area contributed by atoms with Crippen LogP contribution in [-0.4, -0.2) is 26.8 Å². The van der Waals surface area contributed by atoms with Crippen LogP contribution in [-0.2, 0) is 14.1 Å². The summed E-state index contributed by atoms with van der Waals surface area (Å²) in [6.07, 6.45) is 3.50. The Hall–Kier alpha value is -1.75. The van der Waals surface area contributed by atoms with Gasteiger partial charge >= 0.3 is 0 Å². The number of hydrogen-bond acceptors (Lipinski definition) is 2. The molecule has 1 amide bonds. The zero-order valence-electron chi connectivity index (χ0n) is 12.8. The van der Waals surface area contributed by atoms with Crippen molar-refractivity contribution in [2.24, 2.45) is 20.0 Å². The van der Waals surface area contributed by atoms with E-state index in [4.69, 9.17) is 11.6 Å². The number of nitrogens with one attached hydrogen (secondary N) is 1. The zero-order chi connectivity index (χ0) is 15.6. The van der Waals surface area contributed by atoms with Crippen molar-refractivity contribution >= 4 is 17.5 Å². The Labute approximate surface area is 129 Å². The van der Waals surface area contributed by atoms with Crippen molar-refractivity contribution in [3.8, 4) is 0 Å². The lowest BCUT2D eigenvalue weighted by Crippen LogP contribution is -2.32. The Morgan fingerprint density at radius 1 is 1.43 bits per heavy atom. The van der Waals surface area contributed by atoms with Crippen LogP contribution in [0.4, 0.5) is 0 Å². The largest absolute Gasteiger partial charge is 0.350 e. The third-order valence-electron chi connectivity index (χ3n) is 3.73. The van der Waals surface area contributed by atoms with Crippen molar-refractivity contribution in [3.05, 3.63) is 40.9 Å². The highest BCUT2D eigenvalue weighted by molar-refractivity contribution is 6.31. The van der Waals surface area contributed by atoms with Crippen molar-refractivity contribution < 1.29 is 4.79 Å². The van der Waals surface area contributed by atoms with E-state index < -0.39 is 0 Å². The molecule has 21 heavy (non-hydrogen) atoms. The number of carbonyl (C=O) groups excluding carboxylic acids is 1. The number of rotatable bonds is 5. The maximum atomic E-state index is 12.2. The third kappa shape index (κ3) is 3.47. The minimum Gasteiger partial charge on any atom is -0.350 e. The lowest BCUT2D eigenvalue weighted by atomic mass is 9.92.